The molecule has 0 unspecified atom stereocenters. The summed E-state index contributed by atoms with van der Waals surface area (Å²) in [4.78, 5) is 13.6. The van der Waals surface area contributed by atoms with Gasteiger partial charge in [0, 0.05) is 28.8 Å². The number of anilines is 1. The first-order valence-electron chi connectivity index (χ1n) is 10.4. The molecule has 0 radical (unpaired) electrons. The summed E-state index contributed by atoms with van der Waals surface area (Å²) in [7, 11) is 0. The van der Waals surface area contributed by atoms with E-state index < -0.39 is 0 Å². The van der Waals surface area contributed by atoms with Crippen molar-refractivity contribution in [2.24, 2.45) is 0 Å². The molecule has 0 spiro atoms. The van der Waals surface area contributed by atoms with Crippen LogP contribution in [-0.4, -0.2) is 30.7 Å². The van der Waals surface area contributed by atoms with Crippen molar-refractivity contribution in [3.05, 3.63) is 73.2 Å². The quantitative estimate of drug-likeness (QED) is 0.456. The molecule has 152 valence electrons. The van der Waals surface area contributed by atoms with Gasteiger partial charge in [0.05, 0.1) is 22.7 Å². The van der Waals surface area contributed by atoms with Crippen LogP contribution in [0.25, 0.3) is 44.3 Å². The van der Waals surface area contributed by atoms with Crippen LogP contribution in [0.4, 0.5) is 5.82 Å². The number of nitrogens with zero attached hydrogens (tertiary/aromatic N) is 4. The molecule has 3 heterocycles. The van der Waals surface area contributed by atoms with Gasteiger partial charge in [0.1, 0.15) is 17.8 Å². The van der Waals surface area contributed by atoms with E-state index in [-0.39, 0.29) is 12.1 Å². The van der Waals surface area contributed by atoms with E-state index in [1.54, 1.807) is 0 Å². The van der Waals surface area contributed by atoms with Crippen molar-refractivity contribution in [2.45, 2.75) is 25.0 Å². The second-order valence-corrected chi connectivity index (χ2v) is 8.16. The van der Waals surface area contributed by atoms with Crippen molar-refractivity contribution in [3.8, 4) is 22.4 Å². The minimum Gasteiger partial charge on any atom is -0.393 e. The first-order chi connectivity index (χ1) is 15.2. The van der Waals surface area contributed by atoms with Crippen LogP contribution in [0, 0.1) is 0 Å². The first-order valence-corrected chi connectivity index (χ1v) is 10.4. The predicted molar refractivity (Wildman–Crippen MR) is 122 cm³/mol. The molecule has 0 bridgehead atoms. The fourth-order valence-corrected chi connectivity index (χ4v) is 4.45. The Balaban J connectivity index is 1.51. The number of aliphatic hydroxyl groups is 1. The van der Waals surface area contributed by atoms with Gasteiger partial charge in [-0.15, -0.1) is 0 Å². The summed E-state index contributed by atoms with van der Waals surface area (Å²) in [5, 5.41) is 11.7. The van der Waals surface area contributed by atoms with Gasteiger partial charge >= 0.3 is 0 Å². The number of hydrogen-bond acceptors (Lipinski definition) is 5. The van der Waals surface area contributed by atoms with Gasteiger partial charge in [-0.2, -0.15) is 0 Å². The third-order valence-electron chi connectivity index (χ3n) is 6.19. The topological polar surface area (TPSA) is 89.9 Å². The van der Waals surface area contributed by atoms with Gasteiger partial charge in [-0.3, -0.25) is 0 Å². The Bertz CT molecular complexity index is 1420. The minimum atomic E-state index is -0.244. The SMILES string of the molecule is Nc1ncnc2c1c(-c1ccc3ccc(-c4ccccc4)nc3c1)cn2C1CC(O)C1. The number of nitrogen functional groups attached to an aromatic ring is 1. The zero-order chi connectivity index (χ0) is 20.9. The summed E-state index contributed by atoms with van der Waals surface area (Å²) < 4.78 is 2.13. The monoisotopic (exact) mass is 407 g/mol. The van der Waals surface area contributed by atoms with Crippen molar-refractivity contribution in [3.63, 3.8) is 0 Å². The van der Waals surface area contributed by atoms with Crippen LogP contribution >= 0.6 is 0 Å². The van der Waals surface area contributed by atoms with Crippen LogP contribution in [0.2, 0.25) is 0 Å². The predicted octanol–water partition coefficient (Wildman–Crippen LogP) is 4.59. The maximum atomic E-state index is 9.79. The minimum absolute atomic E-state index is 0.226. The van der Waals surface area contributed by atoms with Crippen molar-refractivity contribution >= 4 is 27.8 Å². The first kappa shape index (κ1) is 18.0. The molecule has 0 atom stereocenters. The lowest BCUT2D eigenvalue weighted by Gasteiger charge is -2.32. The lowest BCUT2D eigenvalue weighted by Crippen LogP contribution is -2.30. The summed E-state index contributed by atoms with van der Waals surface area (Å²) >= 11 is 0. The number of aromatic nitrogens is 4. The van der Waals surface area contributed by atoms with E-state index in [0.29, 0.717) is 5.82 Å². The number of fused-ring (bicyclic) bond motifs is 2. The van der Waals surface area contributed by atoms with Crippen molar-refractivity contribution in [1.29, 1.82) is 0 Å². The Morgan fingerprint density at radius 3 is 2.55 bits per heavy atom. The summed E-state index contributed by atoms with van der Waals surface area (Å²) in [5.41, 5.74) is 12.1. The van der Waals surface area contributed by atoms with Crippen LogP contribution in [0.15, 0.2) is 73.2 Å². The van der Waals surface area contributed by atoms with E-state index in [1.807, 2.05) is 18.2 Å². The molecule has 6 rings (SSSR count). The molecule has 5 aromatic rings. The average Bonchev–Trinajstić information content (AvgIpc) is 3.17. The molecule has 1 fully saturated rings. The van der Waals surface area contributed by atoms with Gasteiger partial charge in [-0.25, -0.2) is 15.0 Å². The standard InChI is InChI=1S/C25H21N5O/c26-24-23-20(13-30(18-11-19(31)12-18)25(23)28-14-27-24)17-7-6-16-8-9-21(29-22(16)10-17)15-4-2-1-3-5-15/h1-10,13-14,18-19,31H,11-12H2,(H2,26,27,28). The van der Waals surface area contributed by atoms with Crippen LogP contribution in [-0.2, 0) is 0 Å². The molecule has 3 aromatic heterocycles. The largest absolute Gasteiger partial charge is 0.393 e. The smallest absolute Gasteiger partial charge is 0.146 e. The summed E-state index contributed by atoms with van der Waals surface area (Å²) in [5.74, 6) is 0.463. The number of benzene rings is 2. The number of pyridine rings is 1. The van der Waals surface area contributed by atoms with Crippen LogP contribution in [0.1, 0.15) is 18.9 Å². The van der Waals surface area contributed by atoms with Gasteiger partial charge in [-0.1, -0.05) is 48.5 Å². The Kier molecular flexibility index (Phi) is 4.01. The maximum absolute atomic E-state index is 9.79. The summed E-state index contributed by atoms with van der Waals surface area (Å²) in [6.07, 6.45) is 4.81. The van der Waals surface area contributed by atoms with Gasteiger partial charge in [0.25, 0.3) is 0 Å². The zero-order valence-corrected chi connectivity index (χ0v) is 16.8. The second-order valence-electron chi connectivity index (χ2n) is 8.16. The molecule has 1 saturated carbocycles. The second kappa shape index (κ2) is 6.89. The van der Waals surface area contributed by atoms with E-state index in [9.17, 15) is 5.11 Å². The molecule has 6 heteroatoms. The van der Waals surface area contributed by atoms with E-state index in [0.717, 1.165) is 57.2 Å². The molecule has 31 heavy (non-hydrogen) atoms. The Hall–Kier alpha value is -3.77. The molecule has 1 aliphatic rings. The van der Waals surface area contributed by atoms with Crippen molar-refractivity contribution < 1.29 is 5.11 Å². The number of aliphatic hydroxyl groups excluding tert-OH is 1. The highest BCUT2D eigenvalue weighted by atomic mass is 16.3. The Labute approximate surface area is 179 Å². The Morgan fingerprint density at radius 1 is 0.935 bits per heavy atom. The molecule has 0 amide bonds. The van der Waals surface area contributed by atoms with Crippen molar-refractivity contribution in [1.82, 2.24) is 19.5 Å². The molecule has 2 aromatic carbocycles. The molecule has 6 nitrogen and oxygen atoms in total. The highest BCUT2D eigenvalue weighted by Gasteiger charge is 2.31. The molecule has 1 aliphatic carbocycles. The third kappa shape index (κ3) is 2.95. The van der Waals surface area contributed by atoms with Crippen LogP contribution in [0.3, 0.4) is 0 Å². The van der Waals surface area contributed by atoms with Gasteiger partial charge in [-0.05, 0) is 30.5 Å². The highest BCUT2D eigenvalue weighted by Crippen LogP contribution is 2.40. The lowest BCUT2D eigenvalue weighted by molar-refractivity contribution is 0.0502. The van der Waals surface area contributed by atoms with E-state index in [4.69, 9.17) is 10.7 Å². The van der Waals surface area contributed by atoms with E-state index in [1.165, 1.54) is 6.33 Å². The number of nitrogens with two attached hydrogens (primary N) is 1. The molecular weight excluding hydrogens is 386 g/mol. The summed E-state index contributed by atoms with van der Waals surface area (Å²) in [6.45, 7) is 0. The van der Waals surface area contributed by atoms with Gasteiger partial charge < -0.3 is 15.4 Å². The van der Waals surface area contributed by atoms with Crippen molar-refractivity contribution in [2.75, 3.05) is 5.73 Å². The van der Waals surface area contributed by atoms with Gasteiger partial charge in [0.2, 0.25) is 0 Å². The molecule has 3 N–H and O–H groups in total. The summed E-state index contributed by atoms with van der Waals surface area (Å²) in [6, 6.07) is 20.8. The zero-order valence-electron chi connectivity index (χ0n) is 16.8. The van der Waals surface area contributed by atoms with E-state index >= 15 is 0 Å². The van der Waals surface area contributed by atoms with Crippen LogP contribution in [0.5, 0.6) is 0 Å². The third-order valence-corrected chi connectivity index (χ3v) is 6.19. The Morgan fingerprint density at radius 2 is 1.74 bits per heavy atom. The average molecular weight is 407 g/mol. The van der Waals surface area contributed by atoms with Crippen LogP contribution < -0.4 is 5.73 Å². The normalized spacial score (nSPS) is 18.4. The fraction of sp³-hybridized carbons (Fsp3) is 0.160. The number of rotatable bonds is 3. The molecule has 0 aliphatic heterocycles. The maximum Gasteiger partial charge on any atom is 0.146 e. The van der Waals surface area contributed by atoms with E-state index in [2.05, 4.69) is 63.2 Å². The number of hydrogen-bond donors (Lipinski definition) is 2. The fourth-order valence-electron chi connectivity index (χ4n) is 4.45. The highest BCUT2D eigenvalue weighted by molar-refractivity contribution is 6.02. The molecular formula is C25H21N5O. The lowest BCUT2D eigenvalue weighted by atomic mass is 9.89. The van der Waals surface area contributed by atoms with Gasteiger partial charge in [0.15, 0.2) is 0 Å². The molecule has 0 saturated heterocycles.